The fraction of sp³-hybridized carbons (Fsp3) is 0.611. The Balaban J connectivity index is 1.49. The fourth-order valence-corrected chi connectivity index (χ4v) is 3.30. The van der Waals surface area contributed by atoms with Gasteiger partial charge in [-0.1, -0.05) is 6.07 Å². The molecule has 5 heteroatoms. The molecule has 0 radical (unpaired) electrons. The summed E-state index contributed by atoms with van der Waals surface area (Å²) in [5.41, 5.74) is 0.940. The van der Waals surface area contributed by atoms with Crippen molar-refractivity contribution in [1.29, 1.82) is 0 Å². The molecule has 1 aliphatic heterocycles. The van der Waals surface area contributed by atoms with Gasteiger partial charge in [0.2, 0.25) is 5.91 Å². The number of hydrogen-bond acceptors (Lipinski definition) is 4. The number of rotatable bonds is 6. The number of benzene rings is 1. The molecule has 1 N–H and O–H groups in total. The summed E-state index contributed by atoms with van der Waals surface area (Å²) in [7, 11) is 3.22. The molecule has 3 rings (SSSR count). The molecule has 1 saturated carbocycles. The van der Waals surface area contributed by atoms with E-state index in [9.17, 15) is 4.79 Å². The number of piperidine rings is 1. The quantitative estimate of drug-likeness (QED) is 0.871. The predicted molar refractivity (Wildman–Crippen MR) is 89.0 cm³/mol. The molecular weight excluding hydrogens is 292 g/mol. The molecule has 0 spiro atoms. The molecule has 1 aromatic carbocycles. The Labute approximate surface area is 137 Å². The Morgan fingerprint density at radius 3 is 2.43 bits per heavy atom. The van der Waals surface area contributed by atoms with Crippen LogP contribution in [0, 0.1) is 0 Å². The zero-order chi connectivity index (χ0) is 16.2. The number of carbonyl (C=O) groups excluding carboxylic acids is 1. The van der Waals surface area contributed by atoms with Crippen LogP contribution in [0.1, 0.15) is 31.2 Å². The fourth-order valence-electron chi connectivity index (χ4n) is 3.30. The van der Waals surface area contributed by atoms with E-state index in [1.54, 1.807) is 14.2 Å². The topological polar surface area (TPSA) is 50.8 Å². The lowest BCUT2D eigenvalue weighted by Gasteiger charge is -2.32. The number of likely N-dealkylation sites (tertiary alicyclic amines) is 1. The highest BCUT2D eigenvalue weighted by Crippen LogP contribution is 2.29. The molecule has 1 aliphatic carbocycles. The minimum absolute atomic E-state index is 0.0853. The van der Waals surface area contributed by atoms with Crippen molar-refractivity contribution in [3.8, 4) is 11.5 Å². The van der Waals surface area contributed by atoms with Crippen molar-refractivity contribution in [2.75, 3.05) is 27.3 Å². The van der Waals surface area contributed by atoms with Gasteiger partial charge in [0.1, 0.15) is 0 Å². The van der Waals surface area contributed by atoms with Gasteiger partial charge in [-0.2, -0.15) is 0 Å². The first-order chi connectivity index (χ1) is 11.2. The standard InChI is InChI=1S/C18H26N2O3/c1-22-16-6-3-13(11-17(16)23-2)12-18(21)19-14-7-9-20(10-8-14)15-4-5-15/h3,6,11,14-15H,4-5,7-10,12H2,1-2H3,(H,19,21). The number of nitrogens with one attached hydrogen (secondary N) is 1. The molecule has 1 amide bonds. The second-order valence-electron chi connectivity index (χ2n) is 6.48. The Hall–Kier alpha value is -1.75. The number of amides is 1. The minimum Gasteiger partial charge on any atom is -0.493 e. The smallest absolute Gasteiger partial charge is 0.224 e. The number of methoxy groups -OCH3 is 2. The van der Waals surface area contributed by atoms with Crippen LogP contribution in [-0.2, 0) is 11.2 Å². The van der Waals surface area contributed by atoms with E-state index < -0.39 is 0 Å². The monoisotopic (exact) mass is 318 g/mol. The van der Waals surface area contributed by atoms with Gasteiger partial charge in [-0.3, -0.25) is 4.79 Å². The Morgan fingerprint density at radius 1 is 1.13 bits per heavy atom. The number of hydrogen-bond donors (Lipinski definition) is 1. The van der Waals surface area contributed by atoms with E-state index in [1.807, 2.05) is 18.2 Å². The maximum atomic E-state index is 12.3. The first kappa shape index (κ1) is 16.1. The van der Waals surface area contributed by atoms with Crippen molar-refractivity contribution in [3.05, 3.63) is 23.8 Å². The highest BCUT2D eigenvalue weighted by atomic mass is 16.5. The lowest BCUT2D eigenvalue weighted by Crippen LogP contribution is -2.45. The second-order valence-corrected chi connectivity index (χ2v) is 6.48. The lowest BCUT2D eigenvalue weighted by molar-refractivity contribution is -0.121. The summed E-state index contributed by atoms with van der Waals surface area (Å²) in [6.45, 7) is 2.23. The third-order valence-electron chi connectivity index (χ3n) is 4.77. The van der Waals surface area contributed by atoms with Gasteiger partial charge in [0.25, 0.3) is 0 Å². The molecule has 1 heterocycles. The highest BCUT2D eigenvalue weighted by molar-refractivity contribution is 5.79. The van der Waals surface area contributed by atoms with Gasteiger partial charge in [0.15, 0.2) is 11.5 Å². The molecule has 0 atom stereocenters. The Morgan fingerprint density at radius 2 is 1.83 bits per heavy atom. The lowest BCUT2D eigenvalue weighted by atomic mass is 10.0. The van der Waals surface area contributed by atoms with Crippen molar-refractivity contribution in [2.45, 2.75) is 44.2 Å². The van der Waals surface area contributed by atoms with Crippen LogP contribution in [0.5, 0.6) is 11.5 Å². The van der Waals surface area contributed by atoms with E-state index in [1.165, 1.54) is 12.8 Å². The molecular formula is C18H26N2O3. The van der Waals surface area contributed by atoms with E-state index in [-0.39, 0.29) is 5.91 Å². The van der Waals surface area contributed by atoms with Gasteiger partial charge in [-0.15, -0.1) is 0 Å². The van der Waals surface area contributed by atoms with E-state index in [0.29, 0.717) is 24.0 Å². The van der Waals surface area contributed by atoms with Gasteiger partial charge in [0.05, 0.1) is 20.6 Å². The van der Waals surface area contributed by atoms with Gasteiger partial charge in [0, 0.05) is 25.2 Å². The van der Waals surface area contributed by atoms with E-state index >= 15 is 0 Å². The van der Waals surface area contributed by atoms with Crippen LogP contribution in [0.25, 0.3) is 0 Å². The van der Waals surface area contributed by atoms with Crippen molar-refractivity contribution < 1.29 is 14.3 Å². The van der Waals surface area contributed by atoms with Gasteiger partial charge in [-0.25, -0.2) is 0 Å². The molecule has 0 aromatic heterocycles. The van der Waals surface area contributed by atoms with Crippen LogP contribution in [-0.4, -0.2) is 50.2 Å². The van der Waals surface area contributed by atoms with Gasteiger partial charge in [-0.05, 0) is 43.4 Å². The molecule has 0 bridgehead atoms. The summed E-state index contributed by atoms with van der Waals surface area (Å²) in [5, 5.41) is 3.18. The highest BCUT2D eigenvalue weighted by Gasteiger charge is 2.32. The summed E-state index contributed by atoms with van der Waals surface area (Å²) in [6, 6.07) is 6.77. The minimum atomic E-state index is 0.0853. The molecule has 5 nitrogen and oxygen atoms in total. The summed E-state index contributed by atoms with van der Waals surface area (Å²) in [5.74, 6) is 1.43. The first-order valence-electron chi connectivity index (χ1n) is 8.44. The maximum Gasteiger partial charge on any atom is 0.224 e. The zero-order valence-corrected chi connectivity index (χ0v) is 14.0. The van der Waals surface area contributed by atoms with Crippen molar-refractivity contribution in [1.82, 2.24) is 10.2 Å². The largest absolute Gasteiger partial charge is 0.493 e. The summed E-state index contributed by atoms with van der Waals surface area (Å²) < 4.78 is 10.5. The van der Waals surface area contributed by atoms with Crippen molar-refractivity contribution in [2.24, 2.45) is 0 Å². The Bertz CT molecular complexity index is 549. The first-order valence-corrected chi connectivity index (χ1v) is 8.44. The average molecular weight is 318 g/mol. The molecule has 2 aliphatic rings. The van der Waals surface area contributed by atoms with Gasteiger partial charge >= 0.3 is 0 Å². The van der Waals surface area contributed by atoms with Gasteiger partial charge < -0.3 is 19.7 Å². The van der Waals surface area contributed by atoms with Crippen LogP contribution < -0.4 is 14.8 Å². The maximum absolute atomic E-state index is 12.3. The summed E-state index contributed by atoms with van der Waals surface area (Å²) >= 11 is 0. The average Bonchev–Trinajstić information content (AvgIpc) is 3.40. The van der Waals surface area contributed by atoms with Crippen LogP contribution in [0.2, 0.25) is 0 Å². The van der Waals surface area contributed by atoms with Crippen LogP contribution in [0.15, 0.2) is 18.2 Å². The third kappa shape index (κ3) is 4.16. The van der Waals surface area contributed by atoms with E-state index in [2.05, 4.69) is 10.2 Å². The molecule has 2 fully saturated rings. The van der Waals surface area contributed by atoms with Crippen LogP contribution in [0.4, 0.5) is 0 Å². The second kappa shape index (κ2) is 7.21. The van der Waals surface area contributed by atoms with Crippen molar-refractivity contribution >= 4 is 5.91 Å². The molecule has 126 valence electrons. The molecule has 1 aromatic rings. The van der Waals surface area contributed by atoms with E-state index in [0.717, 1.165) is 37.5 Å². The predicted octanol–water partition coefficient (Wildman–Crippen LogP) is 1.99. The number of nitrogens with zero attached hydrogens (tertiary/aromatic N) is 1. The van der Waals surface area contributed by atoms with Crippen molar-refractivity contribution in [3.63, 3.8) is 0 Å². The zero-order valence-electron chi connectivity index (χ0n) is 14.0. The molecule has 0 unspecified atom stereocenters. The number of carbonyl (C=O) groups is 1. The van der Waals surface area contributed by atoms with Crippen LogP contribution >= 0.6 is 0 Å². The van der Waals surface area contributed by atoms with E-state index in [4.69, 9.17) is 9.47 Å². The normalized spacial score (nSPS) is 19.4. The molecule has 23 heavy (non-hydrogen) atoms. The summed E-state index contributed by atoms with van der Waals surface area (Å²) in [4.78, 5) is 14.8. The number of ether oxygens (including phenoxy) is 2. The Kier molecular flexibility index (Phi) is 5.06. The summed E-state index contributed by atoms with van der Waals surface area (Å²) in [6.07, 6.45) is 5.22. The SMILES string of the molecule is COc1ccc(CC(=O)NC2CCN(C3CC3)CC2)cc1OC. The third-order valence-corrected chi connectivity index (χ3v) is 4.77. The van der Waals surface area contributed by atoms with Crippen LogP contribution in [0.3, 0.4) is 0 Å². The molecule has 1 saturated heterocycles.